The minimum atomic E-state index is -0.111. The molecule has 0 spiro atoms. The highest BCUT2D eigenvalue weighted by molar-refractivity contribution is 5.95. The third kappa shape index (κ3) is 3.40. The quantitative estimate of drug-likeness (QED) is 0.213. The molecule has 0 fully saturated rings. The molecule has 0 heterocycles. The van der Waals surface area contributed by atoms with Crippen molar-refractivity contribution in [3.63, 3.8) is 0 Å². The molecule has 0 saturated carbocycles. The van der Waals surface area contributed by atoms with Crippen molar-refractivity contribution in [1.82, 2.24) is 0 Å². The Labute approximate surface area is 255 Å². The van der Waals surface area contributed by atoms with Crippen LogP contribution in [0.15, 0.2) is 133 Å². The predicted molar refractivity (Wildman–Crippen MR) is 177 cm³/mol. The second-order valence-corrected chi connectivity index (χ2v) is 11.9. The van der Waals surface area contributed by atoms with Crippen molar-refractivity contribution in [2.45, 2.75) is 11.8 Å². The Kier molecular flexibility index (Phi) is 5.19. The van der Waals surface area contributed by atoms with E-state index in [0.29, 0.717) is 11.1 Å². The number of hydrogen-bond acceptors (Lipinski definition) is 2. The van der Waals surface area contributed by atoms with Crippen LogP contribution < -0.4 is 0 Å². The van der Waals surface area contributed by atoms with E-state index in [2.05, 4.69) is 140 Å². The fourth-order valence-corrected chi connectivity index (χ4v) is 7.76. The number of nitrogens with zero attached hydrogens (tertiary/aromatic N) is 2. The van der Waals surface area contributed by atoms with Gasteiger partial charge >= 0.3 is 0 Å². The first-order valence-electron chi connectivity index (χ1n) is 15.0. The molecule has 0 N–H and O–H groups in total. The molecule has 2 atom stereocenters. The van der Waals surface area contributed by atoms with Crippen LogP contribution in [-0.4, -0.2) is 0 Å². The summed E-state index contributed by atoms with van der Waals surface area (Å²) >= 11 is 0. The van der Waals surface area contributed by atoms with Crippen LogP contribution in [0.25, 0.3) is 43.8 Å². The van der Waals surface area contributed by atoms with Crippen molar-refractivity contribution in [3.8, 4) is 34.4 Å². The monoisotopic (exact) mass is 556 g/mol. The van der Waals surface area contributed by atoms with E-state index in [1.807, 2.05) is 6.07 Å². The van der Waals surface area contributed by atoms with Gasteiger partial charge in [0.25, 0.3) is 0 Å². The first-order chi connectivity index (χ1) is 21.7. The Morgan fingerprint density at radius 3 is 1.16 bits per heavy atom. The maximum absolute atomic E-state index is 10.5. The highest BCUT2D eigenvalue weighted by Crippen LogP contribution is 2.53. The molecule has 2 nitrogen and oxygen atoms in total. The number of hydrogen-bond donors (Lipinski definition) is 0. The summed E-state index contributed by atoms with van der Waals surface area (Å²) in [5.74, 6) is -0.223. The van der Waals surface area contributed by atoms with Crippen LogP contribution in [0.1, 0.15) is 56.3 Å². The summed E-state index contributed by atoms with van der Waals surface area (Å²) in [6.07, 6.45) is 0. The summed E-state index contributed by atoms with van der Waals surface area (Å²) in [7, 11) is 0. The lowest BCUT2D eigenvalue weighted by Crippen LogP contribution is -2.08. The SMILES string of the molecule is N#Cc1cc(C#N)c(C2c3ccccc3-c3cc4ccccc4cc32)cc1C1c2ccccc2-c2cc3ccccc3cc21. The van der Waals surface area contributed by atoms with Crippen molar-refractivity contribution in [2.75, 3.05) is 0 Å². The molecule has 0 saturated heterocycles. The Hall–Kier alpha value is -5.96. The van der Waals surface area contributed by atoms with Gasteiger partial charge in [0.05, 0.1) is 23.3 Å². The standard InChI is InChI=1S/C42H24N2/c43-23-29-17-30(24-44)36(42-34-16-8-6-14-32(34)38-19-26-10-2-4-12-28(26)21-40(38)42)22-35(29)41-33-15-7-5-13-31(33)37-18-25-9-1-3-11-27(25)20-39(37)41/h1-22,41-42H. The third-order valence-electron chi connectivity index (χ3n) is 9.67. The van der Waals surface area contributed by atoms with Gasteiger partial charge < -0.3 is 0 Å². The average molecular weight is 557 g/mol. The van der Waals surface area contributed by atoms with Gasteiger partial charge in [0.1, 0.15) is 0 Å². The lowest BCUT2D eigenvalue weighted by molar-refractivity contribution is 0.964. The van der Waals surface area contributed by atoms with Crippen LogP contribution in [-0.2, 0) is 0 Å². The first-order valence-corrected chi connectivity index (χ1v) is 15.0. The van der Waals surface area contributed by atoms with Crippen molar-refractivity contribution in [3.05, 3.63) is 178 Å². The third-order valence-corrected chi connectivity index (χ3v) is 9.67. The number of fused-ring (bicyclic) bond motifs is 8. The molecule has 0 bridgehead atoms. The van der Waals surface area contributed by atoms with E-state index >= 15 is 0 Å². The zero-order chi connectivity index (χ0) is 29.4. The van der Waals surface area contributed by atoms with Crippen molar-refractivity contribution in [1.29, 1.82) is 10.5 Å². The molecule has 2 aliphatic rings. The smallest absolute Gasteiger partial charge is 0.0995 e. The molecule has 9 rings (SSSR count). The van der Waals surface area contributed by atoms with Gasteiger partial charge in [-0.2, -0.15) is 10.5 Å². The first kappa shape index (κ1) is 24.6. The Morgan fingerprint density at radius 1 is 0.341 bits per heavy atom. The molecular formula is C42H24N2. The van der Waals surface area contributed by atoms with Gasteiger partial charge in [-0.3, -0.25) is 0 Å². The minimum absolute atomic E-state index is 0.111. The Bertz CT molecular complexity index is 2270. The molecule has 44 heavy (non-hydrogen) atoms. The highest BCUT2D eigenvalue weighted by atomic mass is 14.4. The number of rotatable bonds is 2. The molecule has 0 aromatic heterocycles. The van der Waals surface area contributed by atoms with Gasteiger partial charge in [-0.05, 0) is 108 Å². The number of nitriles is 2. The van der Waals surface area contributed by atoms with E-state index in [-0.39, 0.29) is 11.8 Å². The maximum Gasteiger partial charge on any atom is 0.0995 e. The predicted octanol–water partition coefficient (Wildman–Crippen LogP) is 10.1. The van der Waals surface area contributed by atoms with Gasteiger partial charge in [0.2, 0.25) is 0 Å². The normalized spacial score (nSPS) is 15.7. The van der Waals surface area contributed by atoms with E-state index < -0.39 is 0 Å². The molecule has 0 aliphatic heterocycles. The largest absolute Gasteiger partial charge is 0.192 e. The average Bonchev–Trinajstić information content (AvgIpc) is 3.57. The molecular weight excluding hydrogens is 532 g/mol. The maximum atomic E-state index is 10.5. The lowest BCUT2D eigenvalue weighted by Gasteiger charge is -2.22. The summed E-state index contributed by atoms with van der Waals surface area (Å²) in [5, 5.41) is 25.8. The summed E-state index contributed by atoms with van der Waals surface area (Å²) in [4.78, 5) is 0. The molecule has 0 radical (unpaired) electrons. The molecule has 2 unspecified atom stereocenters. The Balaban J connectivity index is 1.33. The van der Waals surface area contributed by atoms with Crippen LogP contribution in [0, 0.1) is 22.7 Å². The van der Waals surface area contributed by atoms with Crippen molar-refractivity contribution >= 4 is 21.5 Å². The van der Waals surface area contributed by atoms with E-state index in [0.717, 1.165) is 11.1 Å². The molecule has 2 heteroatoms. The minimum Gasteiger partial charge on any atom is -0.192 e. The number of benzene rings is 7. The van der Waals surface area contributed by atoms with Crippen molar-refractivity contribution in [2.24, 2.45) is 0 Å². The molecule has 0 amide bonds. The van der Waals surface area contributed by atoms with Gasteiger partial charge in [0.15, 0.2) is 0 Å². The van der Waals surface area contributed by atoms with E-state index in [1.165, 1.54) is 66.1 Å². The summed E-state index contributed by atoms with van der Waals surface area (Å²) in [5.41, 5.74) is 12.6. The zero-order valence-electron chi connectivity index (χ0n) is 23.8. The molecule has 7 aromatic carbocycles. The van der Waals surface area contributed by atoms with Crippen LogP contribution in [0.5, 0.6) is 0 Å². The topological polar surface area (TPSA) is 47.6 Å². The fourth-order valence-electron chi connectivity index (χ4n) is 7.76. The highest BCUT2D eigenvalue weighted by Gasteiger charge is 2.36. The van der Waals surface area contributed by atoms with E-state index in [1.54, 1.807) is 0 Å². The summed E-state index contributed by atoms with van der Waals surface area (Å²) in [6.45, 7) is 0. The van der Waals surface area contributed by atoms with Crippen LogP contribution in [0.4, 0.5) is 0 Å². The van der Waals surface area contributed by atoms with Gasteiger partial charge in [-0.15, -0.1) is 0 Å². The summed E-state index contributed by atoms with van der Waals surface area (Å²) in [6, 6.07) is 52.1. The van der Waals surface area contributed by atoms with Gasteiger partial charge in [-0.1, -0.05) is 103 Å². The lowest BCUT2D eigenvalue weighted by atomic mass is 9.79. The van der Waals surface area contributed by atoms with Gasteiger partial charge in [0, 0.05) is 11.8 Å². The Morgan fingerprint density at radius 2 is 0.727 bits per heavy atom. The zero-order valence-corrected chi connectivity index (χ0v) is 23.8. The van der Waals surface area contributed by atoms with Crippen LogP contribution >= 0.6 is 0 Å². The second kappa shape index (κ2) is 9.27. The van der Waals surface area contributed by atoms with E-state index in [4.69, 9.17) is 0 Å². The molecule has 2 aliphatic carbocycles. The van der Waals surface area contributed by atoms with Crippen molar-refractivity contribution < 1.29 is 0 Å². The fraction of sp³-hybridized carbons (Fsp3) is 0.0476. The second-order valence-electron chi connectivity index (χ2n) is 11.9. The van der Waals surface area contributed by atoms with Crippen LogP contribution in [0.2, 0.25) is 0 Å². The molecule has 202 valence electrons. The molecule has 7 aromatic rings. The van der Waals surface area contributed by atoms with Gasteiger partial charge in [-0.25, -0.2) is 0 Å². The summed E-state index contributed by atoms with van der Waals surface area (Å²) < 4.78 is 0. The van der Waals surface area contributed by atoms with Crippen LogP contribution in [0.3, 0.4) is 0 Å². The van der Waals surface area contributed by atoms with E-state index in [9.17, 15) is 10.5 Å².